The molecule has 2 aromatic rings. The Balaban J connectivity index is 1.56. The summed E-state index contributed by atoms with van der Waals surface area (Å²) in [4.78, 5) is 6.89. The van der Waals surface area contributed by atoms with E-state index in [1.165, 1.54) is 24.8 Å². The van der Waals surface area contributed by atoms with E-state index in [-0.39, 0.29) is 5.75 Å². The summed E-state index contributed by atoms with van der Waals surface area (Å²) in [5, 5.41) is 13.1. The summed E-state index contributed by atoms with van der Waals surface area (Å²) in [5.74, 6) is 1.76. The number of aromatic hydroxyl groups is 1. The number of phenolic OH excluding ortho intramolecular Hbond substituents is 1. The number of ether oxygens (including phenoxy) is 1. The Hall–Kier alpha value is -2.27. The van der Waals surface area contributed by atoms with E-state index >= 15 is 0 Å². The van der Waals surface area contributed by atoms with Crippen LogP contribution in [0.25, 0.3) is 0 Å². The lowest BCUT2D eigenvalue weighted by atomic mass is 10.1. The molecule has 0 saturated carbocycles. The van der Waals surface area contributed by atoms with E-state index in [1.807, 2.05) is 18.3 Å². The van der Waals surface area contributed by atoms with Crippen LogP contribution in [0.1, 0.15) is 30.4 Å². The number of nitrogens with zero attached hydrogens (tertiary/aromatic N) is 2. The van der Waals surface area contributed by atoms with E-state index in [9.17, 15) is 5.11 Å². The summed E-state index contributed by atoms with van der Waals surface area (Å²) in [6.07, 6.45) is 5.73. The van der Waals surface area contributed by atoms with Crippen molar-refractivity contribution in [2.45, 2.75) is 32.4 Å². The highest BCUT2D eigenvalue weighted by Gasteiger charge is 2.12. The summed E-state index contributed by atoms with van der Waals surface area (Å²) in [6.45, 7) is 3.72. The highest BCUT2D eigenvalue weighted by atomic mass is 16.5. The number of pyridine rings is 1. The molecule has 0 bridgehead atoms. The van der Waals surface area contributed by atoms with Crippen molar-refractivity contribution in [2.24, 2.45) is 0 Å². The number of hydrogen-bond acceptors (Lipinski definition) is 5. The van der Waals surface area contributed by atoms with Crippen LogP contribution in [0.5, 0.6) is 11.5 Å². The van der Waals surface area contributed by atoms with Crippen molar-refractivity contribution in [3.05, 3.63) is 47.7 Å². The maximum absolute atomic E-state index is 9.64. The van der Waals surface area contributed by atoms with Crippen molar-refractivity contribution in [3.8, 4) is 11.5 Å². The van der Waals surface area contributed by atoms with E-state index in [0.29, 0.717) is 5.75 Å². The smallest absolute Gasteiger partial charge is 0.160 e. The topological polar surface area (TPSA) is 57.6 Å². The first kappa shape index (κ1) is 16.6. The lowest BCUT2D eigenvalue weighted by molar-refractivity contribution is 0.373. The molecule has 0 aliphatic carbocycles. The molecule has 1 fully saturated rings. The summed E-state index contributed by atoms with van der Waals surface area (Å²) in [7, 11) is 1.56. The highest BCUT2D eigenvalue weighted by Crippen LogP contribution is 2.26. The molecular weight excluding hydrogens is 302 g/mol. The SMILES string of the molecule is COc1cc(CNCc2ccnc(N3CCCCC3)c2)ccc1O. The van der Waals surface area contributed by atoms with Gasteiger partial charge >= 0.3 is 0 Å². The third-order valence-corrected chi connectivity index (χ3v) is 4.39. The van der Waals surface area contributed by atoms with Gasteiger partial charge in [0.1, 0.15) is 5.82 Å². The van der Waals surface area contributed by atoms with Crippen LogP contribution in [0.3, 0.4) is 0 Å². The quantitative estimate of drug-likeness (QED) is 0.854. The van der Waals surface area contributed by atoms with Gasteiger partial charge in [-0.25, -0.2) is 4.98 Å². The van der Waals surface area contributed by atoms with Crippen LogP contribution in [-0.4, -0.2) is 30.3 Å². The summed E-state index contributed by atoms with van der Waals surface area (Å²) < 4.78 is 5.14. The Labute approximate surface area is 143 Å². The van der Waals surface area contributed by atoms with Crippen LogP contribution >= 0.6 is 0 Å². The molecule has 2 N–H and O–H groups in total. The van der Waals surface area contributed by atoms with Gasteiger partial charge in [0.05, 0.1) is 7.11 Å². The van der Waals surface area contributed by atoms with Gasteiger partial charge in [0.25, 0.3) is 0 Å². The second-order valence-electron chi connectivity index (χ2n) is 6.18. The zero-order chi connectivity index (χ0) is 16.8. The number of phenols is 1. The number of benzene rings is 1. The van der Waals surface area contributed by atoms with Crippen molar-refractivity contribution in [2.75, 3.05) is 25.1 Å². The lowest BCUT2D eigenvalue weighted by Crippen LogP contribution is -2.30. The first-order valence-corrected chi connectivity index (χ1v) is 8.53. The van der Waals surface area contributed by atoms with E-state index < -0.39 is 0 Å². The zero-order valence-corrected chi connectivity index (χ0v) is 14.2. The Morgan fingerprint density at radius 3 is 2.58 bits per heavy atom. The van der Waals surface area contributed by atoms with Crippen LogP contribution in [0, 0.1) is 0 Å². The monoisotopic (exact) mass is 327 g/mol. The van der Waals surface area contributed by atoms with Crippen LogP contribution in [0.4, 0.5) is 5.82 Å². The molecule has 0 radical (unpaired) electrons. The first-order valence-electron chi connectivity index (χ1n) is 8.53. The molecule has 1 aliphatic heterocycles. The largest absolute Gasteiger partial charge is 0.504 e. The van der Waals surface area contributed by atoms with Crippen LogP contribution in [-0.2, 0) is 13.1 Å². The number of anilines is 1. The minimum Gasteiger partial charge on any atom is -0.504 e. The maximum Gasteiger partial charge on any atom is 0.160 e. The van der Waals surface area contributed by atoms with Crippen molar-refractivity contribution in [1.29, 1.82) is 0 Å². The molecular formula is C19H25N3O2. The molecule has 128 valence electrons. The van der Waals surface area contributed by atoms with Gasteiger partial charge in [-0.05, 0) is 54.7 Å². The van der Waals surface area contributed by atoms with Crippen molar-refractivity contribution in [1.82, 2.24) is 10.3 Å². The molecule has 0 amide bonds. The number of aromatic nitrogens is 1. The predicted molar refractivity (Wildman–Crippen MR) is 95.5 cm³/mol. The van der Waals surface area contributed by atoms with E-state index in [0.717, 1.165) is 37.6 Å². The molecule has 5 heteroatoms. The number of methoxy groups -OCH3 is 1. The number of piperidine rings is 1. The van der Waals surface area contributed by atoms with Crippen molar-refractivity contribution < 1.29 is 9.84 Å². The molecule has 3 rings (SSSR count). The number of nitrogens with one attached hydrogen (secondary N) is 1. The van der Waals surface area contributed by atoms with Gasteiger partial charge in [-0.15, -0.1) is 0 Å². The molecule has 0 atom stereocenters. The van der Waals surface area contributed by atoms with Gasteiger partial charge in [-0.3, -0.25) is 0 Å². The van der Waals surface area contributed by atoms with Crippen molar-refractivity contribution in [3.63, 3.8) is 0 Å². The second-order valence-corrected chi connectivity index (χ2v) is 6.18. The summed E-state index contributed by atoms with van der Waals surface area (Å²) >= 11 is 0. The van der Waals surface area contributed by atoms with E-state index in [4.69, 9.17) is 4.74 Å². The molecule has 24 heavy (non-hydrogen) atoms. The van der Waals surface area contributed by atoms with Crippen LogP contribution in [0.15, 0.2) is 36.5 Å². The number of hydrogen-bond donors (Lipinski definition) is 2. The van der Waals surface area contributed by atoms with Gasteiger partial charge in [0.15, 0.2) is 11.5 Å². The molecule has 5 nitrogen and oxygen atoms in total. The predicted octanol–water partition coefficient (Wildman–Crippen LogP) is 3.08. The molecule has 1 aromatic carbocycles. The molecule has 0 spiro atoms. The third-order valence-electron chi connectivity index (χ3n) is 4.39. The average molecular weight is 327 g/mol. The van der Waals surface area contributed by atoms with Gasteiger partial charge < -0.3 is 20.1 Å². The molecule has 1 aromatic heterocycles. The zero-order valence-electron chi connectivity index (χ0n) is 14.2. The minimum absolute atomic E-state index is 0.168. The first-order chi connectivity index (χ1) is 11.8. The standard InChI is InChI=1S/C19H25N3O2/c1-24-18-11-15(5-6-17(18)23)13-20-14-16-7-8-21-19(12-16)22-9-3-2-4-10-22/h5-8,11-12,20,23H,2-4,9-10,13-14H2,1H3. The highest BCUT2D eigenvalue weighted by molar-refractivity contribution is 5.42. The summed E-state index contributed by atoms with van der Waals surface area (Å²) in [5.41, 5.74) is 2.31. The van der Waals surface area contributed by atoms with Gasteiger partial charge in [0.2, 0.25) is 0 Å². The average Bonchev–Trinajstić information content (AvgIpc) is 2.64. The molecule has 2 heterocycles. The molecule has 1 aliphatic rings. The fourth-order valence-electron chi connectivity index (χ4n) is 3.05. The lowest BCUT2D eigenvalue weighted by Gasteiger charge is -2.27. The molecule has 0 unspecified atom stereocenters. The number of rotatable bonds is 6. The Kier molecular flexibility index (Phi) is 5.54. The second kappa shape index (κ2) is 8.02. The van der Waals surface area contributed by atoms with Crippen LogP contribution in [0.2, 0.25) is 0 Å². The normalized spacial score (nSPS) is 14.6. The maximum atomic E-state index is 9.64. The fourth-order valence-corrected chi connectivity index (χ4v) is 3.05. The third kappa shape index (κ3) is 4.17. The summed E-state index contributed by atoms with van der Waals surface area (Å²) in [6, 6.07) is 9.65. The fraction of sp³-hybridized carbons (Fsp3) is 0.421. The minimum atomic E-state index is 0.168. The van der Waals surface area contributed by atoms with E-state index in [1.54, 1.807) is 13.2 Å². The Morgan fingerprint density at radius 1 is 1.08 bits per heavy atom. The van der Waals surface area contributed by atoms with Gasteiger partial charge in [-0.2, -0.15) is 0 Å². The molecule has 1 saturated heterocycles. The van der Waals surface area contributed by atoms with Gasteiger partial charge in [0, 0.05) is 32.4 Å². The van der Waals surface area contributed by atoms with E-state index in [2.05, 4.69) is 27.3 Å². The Bertz CT molecular complexity index is 669. The van der Waals surface area contributed by atoms with Crippen molar-refractivity contribution >= 4 is 5.82 Å². The van der Waals surface area contributed by atoms with Gasteiger partial charge in [-0.1, -0.05) is 6.07 Å². The van der Waals surface area contributed by atoms with Crippen LogP contribution < -0.4 is 15.0 Å². The Morgan fingerprint density at radius 2 is 1.83 bits per heavy atom.